The molecule has 1 aliphatic rings. The zero-order valence-electron chi connectivity index (χ0n) is 26.2. The summed E-state index contributed by atoms with van der Waals surface area (Å²) in [6.07, 6.45) is 5.69. The lowest BCUT2D eigenvalue weighted by molar-refractivity contribution is 0.102. The molecule has 1 fully saturated rings. The van der Waals surface area contributed by atoms with Crippen LogP contribution >= 0.6 is 36.2 Å². The summed E-state index contributed by atoms with van der Waals surface area (Å²) >= 11 is 1.57. The first-order valence-corrected chi connectivity index (χ1v) is 17.9. The van der Waals surface area contributed by atoms with E-state index in [1.807, 2.05) is 73.7 Å². The molecule has 0 unspecified atom stereocenters. The molecular weight excluding hydrogens is 671 g/mol. The van der Waals surface area contributed by atoms with Gasteiger partial charge >= 0.3 is 0 Å². The summed E-state index contributed by atoms with van der Waals surface area (Å²) in [5.74, 6) is -0.180. The minimum absolute atomic E-state index is 0. The molecule has 1 saturated carbocycles. The highest BCUT2D eigenvalue weighted by Gasteiger charge is 2.24. The second-order valence-electron chi connectivity index (χ2n) is 11.7. The summed E-state index contributed by atoms with van der Waals surface area (Å²) in [7, 11) is -3.62. The fraction of sp³-hybridized carbons (Fsp3) is 0.278. The molecule has 0 bridgehead atoms. The number of rotatable bonds is 11. The highest BCUT2D eigenvalue weighted by Crippen LogP contribution is 2.30. The summed E-state index contributed by atoms with van der Waals surface area (Å²) in [5.41, 5.74) is 8.15. The molecule has 7 nitrogen and oxygen atoms in total. The third kappa shape index (κ3) is 9.19. The van der Waals surface area contributed by atoms with Gasteiger partial charge in [-0.05, 0) is 78.9 Å². The third-order valence-corrected chi connectivity index (χ3v) is 10.8. The Kier molecular flexibility index (Phi) is 13.0. The molecule has 1 aliphatic carbocycles. The van der Waals surface area contributed by atoms with Gasteiger partial charge in [-0.25, -0.2) is 18.1 Å². The fourth-order valence-electron chi connectivity index (χ4n) is 6.08. The van der Waals surface area contributed by atoms with Crippen molar-refractivity contribution < 1.29 is 13.2 Å². The number of halogens is 2. The van der Waals surface area contributed by atoms with Gasteiger partial charge in [0, 0.05) is 36.9 Å². The molecule has 4 aromatic carbocycles. The standard InChI is InChI=1S/C36H38N4O3S2.2ClH/c1-26-12-16-32(17-13-26)45(42,43)38-20-21-40(31-10-6-3-7-11-31)24-29-22-28(14-18-33(29)27-8-4-2-5-9-27)36(41)39-30-15-19-35-34(23-30)37-25-44-35;;/h2,4-5,8-9,12-19,22-23,25,31,38H,3,6-7,10-11,20-21,24H2,1H3,(H,39,41);2*1H. The molecular formula is C36H40Cl2N4O3S2. The first-order valence-electron chi connectivity index (χ1n) is 15.5. The van der Waals surface area contributed by atoms with E-state index in [4.69, 9.17) is 0 Å². The number of thiazole rings is 1. The molecule has 47 heavy (non-hydrogen) atoms. The van der Waals surface area contributed by atoms with E-state index in [-0.39, 0.29) is 35.6 Å². The largest absolute Gasteiger partial charge is 0.322 e. The van der Waals surface area contributed by atoms with Crippen molar-refractivity contribution in [3.63, 3.8) is 0 Å². The Balaban J connectivity index is 0.00000250. The average molecular weight is 712 g/mol. The van der Waals surface area contributed by atoms with Gasteiger partial charge in [0.25, 0.3) is 5.91 Å². The lowest BCUT2D eigenvalue weighted by atomic mass is 9.92. The Morgan fingerprint density at radius 1 is 0.915 bits per heavy atom. The lowest BCUT2D eigenvalue weighted by Crippen LogP contribution is -2.41. The van der Waals surface area contributed by atoms with Crippen LogP contribution < -0.4 is 10.0 Å². The first kappa shape index (κ1) is 36.5. The monoisotopic (exact) mass is 710 g/mol. The van der Waals surface area contributed by atoms with E-state index < -0.39 is 10.0 Å². The van der Waals surface area contributed by atoms with E-state index in [2.05, 4.69) is 32.1 Å². The molecule has 1 heterocycles. The minimum atomic E-state index is -3.62. The molecule has 1 aromatic heterocycles. The molecule has 5 aromatic rings. The van der Waals surface area contributed by atoms with Crippen molar-refractivity contribution in [2.24, 2.45) is 0 Å². The number of nitrogens with one attached hydrogen (secondary N) is 2. The number of fused-ring (bicyclic) bond motifs is 1. The van der Waals surface area contributed by atoms with Gasteiger partial charge in [0.05, 0.1) is 20.6 Å². The van der Waals surface area contributed by atoms with Crippen LogP contribution in [-0.4, -0.2) is 43.3 Å². The van der Waals surface area contributed by atoms with Crippen LogP contribution in [0.15, 0.2) is 101 Å². The Bertz CT molecular complexity index is 1880. The number of amides is 1. The van der Waals surface area contributed by atoms with E-state index in [1.165, 1.54) is 6.42 Å². The number of hydrogen-bond donors (Lipinski definition) is 2. The Morgan fingerprint density at radius 2 is 1.66 bits per heavy atom. The number of anilines is 1. The summed E-state index contributed by atoms with van der Waals surface area (Å²) in [6, 6.07) is 29.1. The maximum atomic E-state index is 13.5. The number of carbonyl (C=O) groups is 1. The maximum absolute atomic E-state index is 13.5. The Hall–Kier alpha value is -3.31. The number of hydrogen-bond acceptors (Lipinski definition) is 6. The number of aromatic nitrogens is 1. The predicted molar refractivity (Wildman–Crippen MR) is 198 cm³/mol. The van der Waals surface area contributed by atoms with Crippen molar-refractivity contribution >= 4 is 68.0 Å². The van der Waals surface area contributed by atoms with Gasteiger partial charge in [0.2, 0.25) is 10.0 Å². The summed E-state index contributed by atoms with van der Waals surface area (Å²) < 4.78 is 30.0. The van der Waals surface area contributed by atoms with Gasteiger partial charge in [-0.15, -0.1) is 36.2 Å². The van der Waals surface area contributed by atoms with Crippen LogP contribution in [0.2, 0.25) is 0 Å². The van der Waals surface area contributed by atoms with Crippen LogP contribution in [0, 0.1) is 6.92 Å². The van der Waals surface area contributed by atoms with Crippen LogP contribution in [0.25, 0.3) is 21.3 Å². The zero-order chi connectivity index (χ0) is 31.2. The normalized spacial score (nSPS) is 13.6. The van der Waals surface area contributed by atoms with Crippen molar-refractivity contribution in [2.45, 2.75) is 56.5 Å². The van der Waals surface area contributed by atoms with E-state index >= 15 is 0 Å². The second kappa shape index (κ2) is 16.7. The molecule has 0 spiro atoms. The summed E-state index contributed by atoms with van der Waals surface area (Å²) in [6.45, 7) is 3.41. The molecule has 0 atom stereocenters. The molecule has 0 radical (unpaired) electrons. The SMILES string of the molecule is Cc1ccc(S(=O)(=O)NCCN(Cc2cc(C(=O)Nc3ccc4scnc4c3)ccc2-c2ccccc2)C2CCCCC2)cc1.Cl.Cl. The smallest absolute Gasteiger partial charge is 0.255 e. The fourth-order valence-corrected chi connectivity index (χ4v) is 7.76. The van der Waals surface area contributed by atoms with Crippen molar-refractivity contribution in [2.75, 3.05) is 18.4 Å². The van der Waals surface area contributed by atoms with Crippen LogP contribution in [-0.2, 0) is 16.6 Å². The average Bonchev–Trinajstić information content (AvgIpc) is 3.53. The van der Waals surface area contributed by atoms with Crippen molar-refractivity contribution in [3.8, 4) is 11.1 Å². The molecule has 248 valence electrons. The minimum Gasteiger partial charge on any atom is -0.322 e. The Morgan fingerprint density at radius 3 is 2.40 bits per heavy atom. The van der Waals surface area contributed by atoms with E-state index in [0.717, 1.165) is 58.2 Å². The third-order valence-electron chi connectivity index (χ3n) is 8.53. The van der Waals surface area contributed by atoms with Gasteiger partial charge in [-0.3, -0.25) is 9.69 Å². The quantitative estimate of drug-likeness (QED) is 0.144. The van der Waals surface area contributed by atoms with Crippen LogP contribution in [0.5, 0.6) is 0 Å². The van der Waals surface area contributed by atoms with Crippen molar-refractivity contribution in [1.82, 2.24) is 14.6 Å². The topological polar surface area (TPSA) is 91.4 Å². The second-order valence-corrected chi connectivity index (χ2v) is 14.4. The zero-order valence-corrected chi connectivity index (χ0v) is 29.5. The molecule has 1 amide bonds. The van der Waals surface area contributed by atoms with Crippen LogP contribution in [0.4, 0.5) is 5.69 Å². The molecule has 6 rings (SSSR count). The molecule has 0 aliphatic heterocycles. The predicted octanol–water partition coefficient (Wildman–Crippen LogP) is 8.48. The van der Waals surface area contributed by atoms with Gasteiger partial charge < -0.3 is 5.32 Å². The van der Waals surface area contributed by atoms with Crippen molar-refractivity contribution in [3.05, 3.63) is 113 Å². The number of benzene rings is 4. The van der Waals surface area contributed by atoms with Gasteiger partial charge in [-0.1, -0.05) is 73.4 Å². The summed E-state index contributed by atoms with van der Waals surface area (Å²) in [5, 5.41) is 3.05. The van der Waals surface area contributed by atoms with E-state index in [1.54, 1.807) is 29.0 Å². The number of carbonyl (C=O) groups excluding carboxylic acids is 1. The van der Waals surface area contributed by atoms with Gasteiger partial charge in [0.1, 0.15) is 0 Å². The molecule has 0 saturated heterocycles. The van der Waals surface area contributed by atoms with E-state index in [9.17, 15) is 13.2 Å². The first-order chi connectivity index (χ1) is 21.9. The van der Waals surface area contributed by atoms with Gasteiger partial charge in [-0.2, -0.15) is 0 Å². The number of aryl methyl sites for hydroxylation is 1. The summed E-state index contributed by atoms with van der Waals surface area (Å²) in [4.78, 5) is 20.5. The van der Waals surface area contributed by atoms with Gasteiger partial charge in [0.15, 0.2) is 0 Å². The number of nitrogens with zero attached hydrogens (tertiary/aromatic N) is 2. The van der Waals surface area contributed by atoms with Crippen molar-refractivity contribution in [1.29, 1.82) is 0 Å². The molecule has 11 heteroatoms. The number of sulfonamides is 1. The van der Waals surface area contributed by atoms with Crippen LogP contribution in [0.3, 0.4) is 0 Å². The molecule has 2 N–H and O–H groups in total. The van der Waals surface area contributed by atoms with E-state index in [0.29, 0.717) is 36.9 Å². The Labute approximate surface area is 293 Å². The lowest BCUT2D eigenvalue weighted by Gasteiger charge is -2.35. The maximum Gasteiger partial charge on any atom is 0.255 e. The van der Waals surface area contributed by atoms with Crippen LogP contribution in [0.1, 0.15) is 53.6 Å². The highest BCUT2D eigenvalue weighted by molar-refractivity contribution is 7.89. The highest BCUT2D eigenvalue weighted by atomic mass is 35.5.